The van der Waals surface area contributed by atoms with E-state index in [0.29, 0.717) is 19.0 Å². The first-order valence-electron chi connectivity index (χ1n) is 11.6. The highest BCUT2D eigenvalue weighted by Gasteiger charge is 2.13. The lowest BCUT2D eigenvalue weighted by atomic mass is 10.1. The summed E-state index contributed by atoms with van der Waals surface area (Å²) in [5, 5.41) is 6.69. The maximum absolute atomic E-state index is 5.68. The van der Waals surface area contributed by atoms with Crippen molar-refractivity contribution in [1.29, 1.82) is 0 Å². The van der Waals surface area contributed by atoms with Gasteiger partial charge in [0.05, 0.1) is 32.0 Å². The lowest BCUT2D eigenvalue weighted by Gasteiger charge is -2.27. The number of nitrogens with one attached hydrogen (secondary N) is 2. The Hall–Kier alpha value is -2.43. The summed E-state index contributed by atoms with van der Waals surface area (Å²) in [5.74, 6) is 1.39. The molecule has 0 amide bonds. The molecule has 4 rings (SSSR count). The average Bonchev–Trinajstić information content (AvgIpc) is 3.32. The van der Waals surface area contributed by atoms with Crippen LogP contribution in [0.2, 0.25) is 0 Å². The van der Waals surface area contributed by atoms with Gasteiger partial charge >= 0.3 is 0 Å². The van der Waals surface area contributed by atoms with Crippen molar-refractivity contribution >= 4 is 29.9 Å². The van der Waals surface area contributed by atoms with Crippen LogP contribution in [-0.2, 0) is 24.4 Å². The summed E-state index contributed by atoms with van der Waals surface area (Å²) in [6.45, 7) is 10.6. The molecule has 1 fully saturated rings. The van der Waals surface area contributed by atoms with Gasteiger partial charge in [0.25, 0.3) is 0 Å². The van der Waals surface area contributed by atoms with E-state index in [1.165, 1.54) is 16.7 Å². The second kappa shape index (κ2) is 13.5. The van der Waals surface area contributed by atoms with Gasteiger partial charge in [0, 0.05) is 31.7 Å². The number of benzene rings is 2. The van der Waals surface area contributed by atoms with Crippen LogP contribution in [0.3, 0.4) is 0 Å². The van der Waals surface area contributed by atoms with Gasteiger partial charge in [-0.2, -0.15) is 0 Å². The molecular formula is C26H34IN5O2. The predicted octanol–water partition coefficient (Wildman–Crippen LogP) is 4.36. The number of morpholine rings is 1. The van der Waals surface area contributed by atoms with Crippen molar-refractivity contribution < 1.29 is 9.15 Å². The molecule has 34 heavy (non-hydrogen) atoms. The van der Waals surface area contributed by atoms with Crippen LogP contribution in [0.4, 0.5) is 0 Å². The molecule has 0 atom stereocenters. The molecule has 0 saturated carbocycles. The summed E-state index contributed by atoms with van der Waals surface area (Å²) < 4.78 is 11.2. The topological polar surface area (TPSA) is 74.9 Å². The van der Waals surface area contributed by atoms with Crippen molar-refractivity contribution in [3.05, 3.63) is 77.2 Å². The summed E-state index contributed by atoms with van der Waals surface area (Å²) in [7, 11) is 0. The highest BCUT2D eigenvalue weighted by Crippen LogP contribution is 2.19. The zero-order valence-corrected chi connectivity index (χ0v) is 22.2. The summed E-state index contributed by atoms with van der Waals surface area (Å²) in [5.41, 5.74) is 5.58. The molecule has 0 bridgehead atoms. The molecule has 1 aromatic heterocycles. The number of hydrogen-bond acceptors (Lipinski definition) is 5. The summed E-state index contributed by atoms with van der Waals surface area (Å²) >= 11 is 0. The summed E-state index contributed by atoms with van der Waals surface area (Å²) in [6, 6.07) is 16.7. The number of ether oxygens (including phenoxy) is 1. The minimum absolute atomic E-state index is 0. The van der Waals surface area contributed by atoms with Crippen molar-refractivity contribution in [3.8, 4) is 11.5 Å². The summed E-state index contributed by atoms with van der Waals surface area (Å²) in [6.07, 6.45) is 1.70. The monoisotopic (exact) mass is 575 g/mol. The van der Waals surface area contributed by atoms with Crippen LogP contribution in [0.1, 0.15) is 29.3 Å². The Labute approximate surface area is 219 Å². The molecule has 0 radical (unpaired) electrons. The molecule has 3 aromatic rings. The van der Waals surface area contributed by atoms with Crippen LogP contribution in [0, 0.1) is 6.92 Å². The van der Waals surface area contributed by atoms with Crippen LogP contribution in [-0.4, -0.2) is 48.7 Å². The van der Waals surface area contributed by atoms with Gasteiger partial charge < -0.3 is 19.8 Å². The number of aryl methyl sites for hydroxylation is 1. The normalized spacial score (nSPS) is 14.5. The highest BCUT2D eigenvalue weighted by molar-refractivity contribution is 14.0. The molecule has 8 heteroatoms. The number of oxazole rings is 1. The Bertz CT molecular complexity index is 1050. The molecular weight excluding hydrogens is 541 g/mol. The third kappa shape index (κ3) is 7.54. The van der Waals surface area contributed by atoms with Crippen molar-refractivity contribution in [1.82, 2.24) is 20.5 Å². The van der Waals surface area contributed by atoms with Crippen molar-refractivity contribution in [3.63, 3.8) is 0 Å². The molecule has 2 aromatic carbocycles. The number of aliphatic imine (C=N–C) groups is 1. The summed E-state index contributed by atoms with van der Waals surface area (Å²) in [4.78, 5) is 11.9. The minimum atomic E-state index is 0. The van der Waals surface area contributed by atoms with E-state index in [1.54, 1.807) is 6.26 Å². The van der Waals surface area contributed by atoms with E-state index >= 15 is 0 Å². The van der Waals surface area contributed by atoms with Gasteiger partial charge in [-0.1, -0.05) is 42.0 Å². The Morgan fingerprint density at radius 3 is 2.50 bits per heavy atom. The Morgan fingerprint density at radius 2 is 1.76 bits per heavy atom. The number of hydrogen-bond donors (Lipinski definition) is 2. The van der Waals surface area contributed by atoms with Crippen LogP contribution in [0.25, 0.3) is 11.5 Å². The average molecular weight is 575 g/mol. The van der Waals surface area contributed by atoms with Crippen LogP contribution in [0.15, 0.2) is 64.2 Å². The molecule has 2 N–H and O–H groups in total. The van der Waals surface area contributed by atoms with E-state index in [9.17, 15) is 0 Å². The Balaban J connectivity index is 0.00000324. The second-order valence-corrected chi connectivity index (χ2v) is 8.22. The van der Waals surface area contributed by atoms with E-state index in [-0.39, 0.29) is 24.0 Å². The molecule has 1 aliphatic rings. The molecule has 0 aliphatic carbocycles. The second-order valence-electron chi connectivity index (χ2n) is 8.22. The zero-order valence-electron chi connectivity index (χ0n) is 19.9. The lowest BCUT2D eigenvalue weighted by Crippen LogP contribution is -2.37. The van der Waals surface area contributed by atoms with Gasteiger partial charge in [-0.05, 0) is 37.1 Å². The van der Waals surface area contributed by atoms with E-state index in [4.69, 9.17) is 14.1 Å². The van der Waals surface area contributed by atoms with Gasteiger partial charge in [-0.15, -0.1) is 24.0 Å². The highest BCUT2D eigenvalue weighted by atomic mass is 127. The molecule has 0 spiro atoms. The van der Waals surface area contributed by atoms with E-state index < -0.39 is 0 Å². The maximum Gasteiger partial charge on any atom is 0.226 e. The molecule has 1 aliphatic heterocycles. The molecule has 182 valence electrons. The maximum atomic E-state index is 5.68. The minimum Gasteiger partial charge on any atom is -0.444 e. The van der Waals surface area contributed by atoms with E-state index in [0.717, 1.165) is 56.6 Å². The fraction of sp³-hybridized carbons (Fsp3) is 0.385. The number of aromatic nitrogens is 1. The number of halogens is 1. The van der Waals surface area contributed by atoms with Crippen LogP contribution in [0.5, 0.6) is 0 Å². The Morgan fingerprint density at radius 1 is 1.03 bits per heavy atom. The lowest BCUT2D eigenvalue weighted by molar-refractivity contribution is 0.0341. The van der Waals surface area contributed by atoms with Crippen LogP contribution >= 0.6 is 24.0 Å². The van der Waals surface area contributed by atoms with Crippen molar-refractivity contribution in [2.45, 2.75) is 33.5 Å². The smallest absolute Gasteiger partial charge is 0.226 e. The number of nitrogens with zero attached hydrogens (tertiary/aromatic N) is 3. The SMILES string of the molecule is CCNC(=NCc1ccccc1CN1CCOCC1)NCc1coc(-c2ccc(C)cc2)n1.I. The molecule has 2 heterocycles. The number of guanidine groups is 1. The quantitative estimate of drug-likeness (QED) is 0.236. The zero-order chi connectivity index (χ0) is 22.9. The molecule has 1 saturated heterocycles. The Kier molecular flexibility index (Phi) is 10.4. The fourth-order valence-corrected chi connectivity index (χ4v) is 3.76. The van der Waals surface area contributed by atoms with Crippen molar-refractivity contribution in [2.75, 3.05) is 32.8 Å². The first-order valence-corrected chi connectivity index (χ1v) is 11.6. The largest absolute Gasteiger partial charge is 0.444 e. The number of rotatable bonds is 8. The predicted molar refractivity (Wildman–Crippen MR) is 146 cm³/mol. The standard InChI is InChI=1S/C26H33N5O2.HI/c1-3-27-26(29-17-24-19-33-25(30-24)21-10-8-20(2)9-11-21)28-16-22-6-4-5-7-23(22)18-31-12-14-32-15-13-31;/h4-11,19H,3,12-18H2,1-2H3,(H2,27,28,29);1H. The third-order valence-corrected chi connectivity index (χ3v) is 5.65. The molecule has 7 nitrogen and oxygen atoms in total. The first kappa shape index (κ1) is 26.2. The van der Waals surface area contributed by atoms with Gasteiger partial charge in [-0.25, -0.2) is 9.98 Å². The van der Waals surface area contributed by atoms with E-state index in [1.807, 2.05) is 12.1 Å². The van der Waals surface area contributed by atoms with E-state index in [2.05, 4.69) is 70.8 Å². The van der Waals surface area contributed by atoms with Gasteiger partial charge in [0.1, 0.15) is 6.26 Å². The molecule has 0 unspecified atom stereocenters. The van der Waals surface area contributed by atoms with Gasteiger partial charge in [0.2, 0.25) is 5.89 Å². The van der Waals surface area contributed by atoms with Gasteiger partial charge in [0.15, 0.2) is 5.96 Å². The van der Waals surface area contributed by atoms with Gasteiger partial charge in [-0.3, -0.25) is 4.90 Å². The third-order valence-electron chi connectivity index (χ3n) is 5.65. The van der Waals surface area contributed by atoms with Crippen LogP contribution < -0.4 is 10.6 Å². The van der Waals surface area contributed by atoms with Crippen molar-refractivity contribution in [2.24, 2.45) is 4.99 Å². The fourth-order valence-electron chi connectivity index (χ4n) is 3.76. The first-order chi connectivity index (χ1) is 16.2.